The second kappa shape index (κ2) is 4.38. The molecular weight excluding hydrogens is 190 g/mol. The first kappa shape index (κ1) is 11.6. The van der Waals surface area contributed by atoms with Gasteiger partial charge in [0.25, 0.3) is 5.91 Å². The van der Waals surface area contributed by atoms with Gasteiger partial charge in [-0.2, -0.15) is 5.10 Å². The number of rotatable bonds is 2. The van der Waals surface area contributed by atoms with Crippen molar-refractivity contribution in [3.05, 3.63) is 23.5 Å². The Balaban J connectivity index is 2.86. The van der Waals surface area contributed by atoms with Crippen LogP contribution in [0, 0.1) is 0 Å². The molecule has 0 saturated carbocycles. The Morgan fingerprint density at radius 2 is 2.00 bits per heavy atom. The predicted octanol–water partition coefficient (Wildman–Crippen LogP) is 1.52. The normalized spacial score (nSPS) is 11.2. The highest BCUT2D eigenvalue weighted by atomic mass is 16.1. The first-order valence-corrected chi connectivity index (χ1v) is 5.07. The summed E-state index contributed by atoms with van der Waals surface area (Å²) in [6.45, 7) is 8.64. The molecule has 0 aromatic carbocycles. The van der Waals surface area contributed by atoms with E-state index in [2.05, 4.69) is 36.3 Å². The second-order valence-electron chi connectivity index (χ2n) is 4.41. The number of hydrogen-bond acceptors (Lipinski definition) is 3. The van der Waals surface area contributed by atoms with Gasteiger partial charge in [-0.1, -0.05) is 20.8 Å². The lowest BCUT2D eigenvalue weighted by atomic mass is 9.92. The van der Waals surface area contributed by atoms with E-state index >= 15 is 0 Å². The molecule has 15 heavy (non-hydrogen) atoms. The number of carbonyl (C=O) groups is 1. The molecule has 0 aliphatic heterocycles. The zero-order valence-electron chi connectivity index (χ0n) is 9.66. The molecule has 4 heteroatoms. The van der Waals surface area contributed by atoms with Crippen LogP contribution in [0.3, 0.4) is 0 Å². The maximum absolute atomic E-state index is 11.4. The number of hydrogen-bond donors (Lipinski definition) is 1. The summed E-state index contributed by atoms with van der Waals surface area (Å²) in [5.41, 5.74) is 1.22. The summed E-state index contributed by atoms with van der Waals surface area (Å²) < 4.78 is 0. The van der Waals surface area contributed by atoms with E-state index in [0.29, 0.717) is 12.2 Å². The summed E-state index contributed by atoms with van der Waals surface area (Å²) in [5.74, 6) is -0.176. The predicted molar refractivity (Wildman–Crippen MR) is 58.7 cm³/mol. The molecule has 1 amide bonds. The number of aromatic nitrogens is 2. The van der Waals surface area contributed by atoms with Crippen molar-refractivity contribution >= 4 is 5.91 Å². The van der Waals surface area contributed by atoms with E-state index in [1.165, 1.54) is 0 Å². The standard InChI is InChI=1S/C11H17N3O/c1-5-12-10(15)8-6-7-9(14-13-8)11(2,3)4/h6-7H,5H2,1-4H3,(H,12,15). The summed E-state index contributed by atoms with van der Waals surface area (Å²) in [4.78, 5) is 11.4. The van der Waals surface area contributed by atoms with Gasteiger partial charge in [0, 0.05) is 12.0 Å². The first-order valence-electron chi connectivity index (χ1n) is 5.07. The van der Waals surface area contributed by atoms with Crippen molar-refractivity contribution in [3.63, 3.8) is 0 Å². The van der Waals surface area contributed by atoms with E-state index in [1.54, 1.807) is 6.07 Å². The van der Waals surface area contributed by atoms with Gasteiger partial charge < -0.3 is 5.32 Å². The van der Waals surface area contributed by atoms with Gasteiger partial charge in [0.15, 0.2) is 5.69 Å². The molecule has 1 aromatic heterocycles. The van der Waals surface area contributed by atoms with Gasteiger partial charge in [-0.3, -0.25) is 4.79 Å². The zero-order chi connectivity index (χ0) is 11.5. The van der Waals surface area contributed by atoms with Gasteiger partial charge in [0.05, 0.1) is 5.69 Å². The average molecular weight is 207 g/mol. The van der Waals surface area contributed by atoms with Gasteiger partial charge in [-0.15, -0.1) is 5.10 Å². The molecule has 1 N–H and O–H groups in total. The lowest BCUT2D eigenvalue weighted by Gasteiger charge is -2.16. The summed E-state index contributed by atoms with van der Waals surface area (Å²) in [5, 5.41) is 10.6. The maximum atomic E-state index is 11.4. The summed E-state index contributed by atoms with van der Waals surface area (Å²) in [6, 6.07) is 3.55. The minimum Gasteiger partial charge on any atom is -0.351 e. The van der Waals surface area contributed by atoms with Crippen molar-refractivity contribution in [3.8, 4) is 0 Å². The van der Waals surface area contributed by atoms with E-state index in [4.69, 9.17) is 0 Å². The van der Waals surface area contributed by atoms with Crippen LogP contribution in [0.15, 0.2) is 12.1 Å². The fraction of sp³-hybridized carbons (Fsp3) is 0.545. The maximum Gasteiger partial charge on any atom is 0.271 e. The molecule has 1 rings (SSSR count). The van der Waals surface area contributed by atoms with Crippen LogP contribution in [-0.2, 0) is 5.41 Å². The first-order chi connectivity index (χ1) is 6.95. The second-order valence-corrected chi connectivity index (χ2v) is 4.41. The van der Waals surface area contributed by atoms with Crippen LogP contribution in [0.25, 0.3) is 0 Å². The summed E-state index contributed by atoms with van der Waals surface area (Å²) >= 11 is 0. The van der Waals surface area contributed by atoms with Crippen molar-refractivity contribution in [1.82, 2.24) is 15.5 Å². The summed E-state index contributed by atoms with van der Waals surface area (Å²) in [7, 11) is 0. The number of nitrogens with one attached hydrogen (secondary N) is 1. The van der Waals surface area contributed by atoms with Crippen molar-refractivity contribution in [2.24, 2.45) is 0 Å². The molecule has 0 spiro atoms. The minimum absolute atomic E-state index is 0.0350. The van der Waals surface area contributed by atoms with Gasteiger partial charge >= 0.3 is 0 Å². The van der Waals surface area contributed by atoms with E-state index in [9.17, 15) is 4.79 Å². The highest BCUT2D eigenvalue weighted by Crippen LogP contribution is 2.18. The molecule has 0 saturated heterocycles. The smallest absolute Gasteiger partial charge is 0.271 e. The lowest BCUT2D eigenvalue weighted by molar-refractivity contribution is 0.0949. The van der Waals surface area contributed by atoms with E-state index in [-0.39, 0.29) is 11.3 Å². The molecule has 0 aliphatic carbocycles. The largest absolute Gasteiger partial charge is 0.351 e. The molecule has 1 aromatic rings. The van der Waals surface area contributed by atoms with Crippen molar-refractivity contribution in [1.29, 1.82) is 0 Å². The van der Waals surface area contributed by atoms with Crippen LogP contribution in [0.1, 0.15) is 43.9 Å². The Bertz CT molecular complexity index is 338. The Morgan fingerprint density at radius 1 is 1.33 bits per heavy atom. The molecule has 4 nitrogen and oxygen atoms in total. The van der Waals surface area contributed by atoms with Crippen LogP contribution in [-0.4, -0.2) is 22.6 Å². The highest BCUT2D eigenvalue weighted by molar-refractivity contribution is 5.91. The molecule has 0 bridgehead atoms. The van der Waals surface area contributed by atoms with Crippen molar-refractivity contribution in [2.75, 3.05) is 6.54 Å². The third kappa shape index (κ3) is 3.01. The quantitative estimate of drug-likeness (QED) is 0.800. The molecule has 0 radical (unpaired) electrons. The molecular formula is C11H17N3O. The Hall–Kier alpha value is -1.45. The number of amides is 1. The minimum atomic E-state index is -0.176. The molecule has 1 heterocycles. The van der Waals surface area contributed by atoms with E-state index < -0.39 is 0 Å². The van der Waals surface area contributed by atoms with Crippen LogP contribution >= 0.6 is 0 Å². The van der Waals surface area contributed by atoms with E-state index in [0.717, 1.165) is 5.69 Å². The Labute approximate surface area is 90.1 Å². The summed E-state index contributed by atoms with van der Waals surface area (Å²) in [6.07, 6.45) is 0. The van der Waals surface area contributed by atoms with Gasteiger partial charge in [-0.25, -0.2) is 0 Å². The lowest BCUT2D eigenvalue weighted by Crippen LogP contribution is -2.25. The molecule has 0 fully saturated rings. The van der Waals surface area contributed by atoms with Crippen molar-refractivity contribution < 1.29 is 4.79 Å². The number of carbonyl (C=O) groups excluding carboxylic acids is 1. The van der Waals surface area contributed by atoms with E-state index in [1.807, 2.05) is 13.0 Å². The molecule has 0 atom stereocenters. The van der Waals surface area contributed by atoms with Crippen molar-refractivity contribution in [2.45, 2.75) is 33.1 Å². The fourth-order valence-corrected chi connectivity index (χ4v) is 1.10. The molecule has 0 aliphatic rings. The topological polar surface area (TPSA) is 54.9 Å². The zero-order valence-corrected chi connectivity index (χ0v) is 9.66. The fourth-order valence-electron chi connectivity index (χ4n) is 1.10. The third-order valence-electron chi connectivity index (χ3n) is 2.00. The Morgan fingerprint density at radius 3 is 2.40 bits per heavy atom. The average Bonchev–Trinajstić information content (AvgIpc) is 2.17. The molecule has 82 valence electrons. The van der Waals surface area contributed by atoms with Crippen LogP contribution in [0.5, 0.6) is 0 Å². The van der Waals surface area contributed by atoms with Gasteiger partial charge in [0.2, 0.25) is 0 Å². The monoisotopic (exact) mass is 207 g/mol. The third-order valence-corrected chi connectivity index (χ3v) is 2.00. The number of nitrogens with zero attached hydrogens (tertiary/aromatic N) is 2. The highest BCUT2D eigenvalue weighted by Gasteiger charge is 2.16. The van der Waals surface area contributed by atoms with Crippen LogP contribution in [0.4, 0.5) is 0 Å². The van der Waals surface area contributed by atoms with Crippen LogP contribution < -0.4 is 5.32 Å². The van der Waals surface area contributed by atoms with Gasteiger partial charge in [0.1, 0.15) is 0 Å². The Kier molecular flexibility index (Phi) is 3.39. The van der Waals surface area contributed by atoms with Gasteiger partial charge in [-0.05, 0) is 19.1 Å². The SMILES string of the molecule is CCNC(=O)c1ccc(C(C)(C)C)nn1. The molecule has 0 unspecified atom stereocenters. The van der Waals surface area contributed by atoms with Crippen LogP contribution in [0.2, 0.25) is 0 Å².